The molecule has 258 valence electrons. The van der Waals surface area contributed by atoms with Gasteiger partial charge in [0, 0.05) is 6.42 Å². The van der Waals surface area contributed by atoms with Crippen LogP contribution in [0, 0.1) is 0 Å². The summed E-state index contributed by atoms with van der Waals surface area (Å²) in [6, 6.07) is 0. The first kappa shape index (κ1) is 42.6. The maximum Gasteiger partial charge on any atom is 0.310 e. The van der Waals surface area contributed by atoms with E-state index in [0.29, 0.717) is 6.42 Å². The van der Waals surface area contributed by atoms with E-state index in [1.165, 1.54) is 12.8 Å². The Balaban J connectivity index is 4.63. The SMILES string of the molecule is CC/C=C\C/C=C\C/C=C\CC(=O)OCC(COC(=O)CCCCCC/C=C\CCCC)OC(=O)C/C=C\C/C=C\C/C=C\CC. The highest BCUT2D eigenvalue weighted by molar-refractivity contribution is 5.72. The molecule has 0 aliphatic carbocycles. The first-order valence-corrected chi connectivity index (χ1v) is 17.6. The van der Waals surface area contributed by atoms with Crippen LogP contribution < -0.4 is 0 Å². The summed E-state index contributed by atoms with van der Waals surface area (Å²) in [5, 5.41) is 0. The van der Waals surface area contributed by atoms with Crippen molar-refractivity contribution in [1.29, 1.82) is 0 Å². The molecule has 0 aromatic rings. The fourth-order valence-corrected chi connectivity index (χ4v) is 4.07. The van der Waals surface area contributed by atoms with Gasteiger partial charge in [-0.1, -0.05) is 132 Å². The molecule has 0 N–H and O–H groups in total. The molecule has 0 aliphatic rings. The molecule has 0 heterocycles. The molecule has 0 aliphatic heterocycles. The zero-order valence-electron chi connectivity index (χ0n) is 29.0. The summed E-state index contributed by atoms with van der Waals surface area (Å²) in [4.78, 5) is 37.1. The third kappa shape index (κ3) is 32.0. The van der Waals surface area contributed by atoms with Crippen molar-refractivity contribution >= 4 is 17.9 Å². The molecule has 6 heteroatoms. The van der Waals surface area contributed by atoms with E-state index in [-0.39, 0.29) is 32.0 Å². The molecular weight excluding hydrogens is 576 g/mol. The van der Waals surface area contributed by atoms with Crippen LogP contribution in [0.25, 0.3) is 0 Å². The fourth-order valence-electron chi connectivity index (χ4n) is 4.07. The number of esters is 3. The normalized spacial score (nSPS) is 13.0. The van der Waals surface area contributed by atoms with E-state index in [1.807, 2.05) is 24.3 Å². The van der Waals surface area contributed by atoms with Gasteiger partial charge in [0.15, 0.2) is 6.10 Å². The van der Waals surface area contributed by atoms with Crippen LogP contribution in [-0.4, -0.2) is 37.2 Å². The summed E-state index contributed by atoms with van der Waals surface area (Å²) in [6.45, 7) is 6.09. The summed E-state index contributed by atoms with van der Waals surface area (Å²) in [5.74, 6) is -1.24. The van der Waals surface area contributed by atoms with Gasteiger partial charge in [-0.3, -0.25) is 14.4 Å². The standard InChI is InChI=1S/C40H62O6/c1-4-7-10-13-16-19-22-24-27-30-33-39(42)45-36-37(46-40(43)34-31-28-25-21-18-15-12-9-6-3)35-44-38(41)32-29-26-23-20-17-14-11-8-5-2/h8-9,11-13,16-18,20-21,26,28-29,31,37H,4-7,10,14-15,19,22-25,27,30,32-36H2,1-3H3/b11-8-,12-9-,16-13-,20-17-,21-18-,29-26-,31-28-. The maximum atomic E-state index is 12.5. The molecule has 0 aromatic heterocycles. The monoisotopic (exact) mass is 638 g/mol. The molecule has 6 nitrogen and oxygen atoms in total. The minimum absolute atomic E-state index is 0.0836. The highest BCUT2D eigenvalue weighted by atomic mass is 16.6. The number of allylic oxidation sites excluding steroid dienone is 12. The Morgan fingerprint density at radius 2 is 0.935 bits per heavy atom. The molecule has 0 saturated carbocycles. The molecule has 0 fully saturated rings. The zero-order chi connectivity index (χ0) is 33.8. The minimum atomic E-state index is -0.860. The number of unbranched alkanes of at least 4 members (excludes halogenated alkanes) is 6. The van der Waals surface area contributed by atoms with E-state index in [2.05, 4.69) is 69.4 Å². The third-order valence-corrected chi connectivity index (χ3v) is 6.68. The van der Waals surface area contributed by atoms with Gasteiger partial charge in [-0.2, -0.15) is 0 Å². The Labute approximate surface area is 280 Å². The van der Waals surface area contributed by atoms with Gasteiger partial charge in [-0.25, -0.2) is 0 Å². The smallest absolute Gasteiger partial charge is 0.310 e. The average molecular weight is 639 g/mol. The Morgan fingerprint density at radius 1 is 0.478 bits per heavy atom. The quantitative estimate of drug-likeness (QED) is 0.0351. The lowest BCUT2D eigenvalue weighted by atomic mass is 10.1. The lowest BCUT2D eigenvalue weighted by Gasteiger charge is -2.17. The van der Waals surface area contributed by atoms with Crippen molar-refractivity contribution in [3.8, 4) is 0 Å². The van der Waals surface area contributed by atoms with Gasteiger partial charge in [0.1, 0.15) is 13.2 Å². The van der Waals surface area contributed by atoms with E-state index in [0.717, 1.165) is 77.0 Å². The second-order valence-electron chi connectivity index (χ2n) is 11.0. The minimum Gasteiger partial charge on any atom is -0.462 e. The topological polar surface area (TPSA) is 78.9 Å². The molecule has 1 unspecified atom stereocenters. The van der Waals surface area contributed by atoms with Crippen molar-refractivity contribution in [2.45, 2.75) is 136 Å². The molecule has 1 atom stereocenters. The van der Waals surface area contributed by atoms with Gasteiger partial charge in [0.05, 0.1) is 12.8 Å². The van der Waals surface area contributed by atoms with Crippen molar-refractivity contribution in [1.82, 2.24) is 0 Å². The molecule has 0 spiro atoms. The van der Waals surface area contributed by atoms with Gasteiger partial charge < -0.3 is 14.2 Å². The van der Waals surface area contributed by atoms with Crippen LogP contribution in [0.15, 0.2) is 85.1 Å². The first-order valence-electron chi connectivity index (χ1n) is 17.6. The number of hydrogen-bond donors (Lipinski definition) is 0. The summed E-state index contributed by atoms with van der Waals surface area (Å²) in [5.41, 5.74) is 0. The van der Waals surface area contributed by atoms with Gasteiger partial charge in [0.2, 0.25) is 0 Å². The van der Waals surface area contributed by atoms with Crippen molar-refractivity contribution in [3.63, 3.8) is 0 Å². The second-order valence-corrected chi connectivity index (χ2v) is 11.0. The van der Waals surface area contributed by atoms with Crippen LogP contribution in [0.1, 0.15) is 130 Å². The molecule has 0 amide bonds. The molecule has 0 bridgehead atoms. The Bertz CT molecular complexity index is 966. The maximum absolute atomic E-state index is 12.5. The highest BCUT2D eigenvalue weighted by Crippen LogP contribution is 2.09. The number of carbonyl (C=O) groups is 3. The summed E-state index contributed by atoms with van der Waals surface area (Å²) in [6.07, 6.45) is 42.1. The molecule has 0 aromatic carbocycles. The largest absolute Gasteiger partial charge is 0.462 e. The summed E-state index contributed by atoms with van der Waals surface area (Å²) >= 11 is 0. The number of carbonyl (C=O) groups excluding carboxylic acids is 3. The second kappa shape index (κ2) is 34.5. The van der Waals surface area contributed by atoms with Gasteiger partial charge in [-0.05, 0) is 64.2 Å². The molecule has 0 rings (SSSR count). The van der Waals surface area contributed by atoms with Crippen molar-refractivity contribution < 1.29 is 28.6 Å². The lowest BCUT2D eigenvalue weighted by Crippen LogP contribution is -2.30. The van der Waals surface area contributed by atoms with Gasteiger partial charge in [0.25, 0.3) is 0 Å². The highest BCUT2D eigenvalue weighted by Gasteiger charge is 2.18. The third-order valence-electron chi connectivity index (χ3n) is 6.68. The van der Waals surface area contributed by atoms with E-state index in [4.69, 9.17) is 14.2 Å². The van der Waals surface area contributed by atoms with Crippen molar-refractivity contribution in [3.05, 3.63) is 85.1 Å². The van der Waals surface area contributed by atoms with E-state index in [1.54, 1.807) is 12.2 Å². The van der Waals surface area contributed by atoms with Gasteiger partial charge >= 0.3 is 17.9 Å². The van der Waals surface area contributed by atoms with Crippen molar-refractivity contribution in [2.75, 3.05) is 13.2 Å². The molecule has 46 heavy (non-hydrogen) atoms. The predicted molar refractivity (Wildman–Crippen MR) is 191 cm³/mol. The van der Waals surface area contributed by atoms with E-state index < -0.39 is 18.0 Å². The summed E-state index contributed by atoms with van der Waals surface area (Å²) in [7, 11) is 0. The summed E-state index contributed by atoms with van der Waals surface area (Å²) < 4.78 is 16.3. The molecular formula is C40H62O6. The zero-order valence-corrected chi connectivity index (χ0v) is 29.0. The lowest BCUT2D eigenvalue weighted by molar-refractivity contribution is -0.166. The Morgan fingerprint density at radius 3 is 1.48 bits per heavy atom. The Kier molecular flexibility index (Phi) is 31.9. The number of rotatable bonds is 29. The number of hydrogen-bond acceptors (Lipinski definition) is 6. The van der Waals surface area contributed by atoms with Crippen LogP contribution in [0.4, 0.5) is 0 Å². The van der Waals surface area contributed by atoms with E-state index >= 15 is 0 Å². The van der Waals surface area contributed by atoms with Crippen LogP contribution in [0.3, 0.4) is 0 Å². The first-order chi connectivity index (χ1) is 22.5. The van der Waals surface area contributed by atoms with Crippen LogP contribution >= 0.6 is 0 Å². The van der Waals surface area contributed by atoms with Crippen LogP contribution in [0.2, 0.25) is 0 Å². The van der Waals surface area contributed by atoms with Crippen LogP contribution in [0.5, 0.6) is 0 Å². The Hall–Kier alpha value is -3.41. The molecule has 0 radical (unpaired) electrons. The van der Waals surface area contributed by atoms with Crippen LogP contribution in [-0.2, 0) is 28.6 Å². The average Bonchev–Trinajstić information content (AvgIpc) is 3.05. The number of ether oxygens (including phenoxy) is 3. The predicted octanol–water partition coefficient (Wildman–Crippen LogP) is 10.6. The molecule has 0 saturated heterocycles. The fraction of sp³-hybridized carbons (Fsp3) is 0.575. The van der Waals surface area contributed by atoms with Crippen molar-refractivity contribution in [2.24, 2.45) is 0 Å². The van der Waals surface area contributed by atoms with E-state index in [9.17, 15) is 14.4 Å². The van der Waals surface area contributed by atoms with Gasteiger partial charge in [-0.15, -0.1) is 0 Å².